The second-order valence-corrected chi connectivity index (χ2v) is 7.78. The minimum atomic E-state index is -0.571. The van der Waals surface area contributed by atoms with Gasteiger partial charge in [-0.15, -0.1) is 0 Å². The Morgan fingerprint density at radius 2 is 2.09 bits per heavy atom. The van der Waals surface area contributed by atoms with Crippen LogP contribution in [0, 0.1) is 5.82 Å². The summed E-state index contributed by atoms with van der Waals surface area (Å²) in [5.41, 5.74) is 4.37. The number of quaternary nitrogens is 1. The molecule has 0 aromatic heterocycles. The van der Waals surface area contributed by atoms with Crippen LogP contribution in [0.25, 0.3) is 11.1 Å². The van der Waals surface area contributed by atoms with Gasteiger partial charge in [0.15, 0.2) is 0 Å². The number of nitrogens with zero attached hydrogens (tertiary/aromatic N) is 1. The number of ether oxygens (including phenoxy) is 2. The third-order valence-electron chi connectivity index (χ3n) is 5.29. The van der Waals surface area contributed by atoms with Gasteiger partial charge in [0.25, 0.3) is 0 Å². The van der Waals surface area contributed by atoms with E-state index in [4.69, 9.17) is 14.7 Å². The van der Waals surface area contributed by atoms with Gasteiger partial charge in [-0.2, -0.15) is 5.48 Å². The number of hydrogen-bond acceptors (Lipinski definition) is 5. The SMILES string of the molecule is C/C=C(\C=C/[NH2+]O)COCc1ccc(-c2ccc(N3C[C@H](CNC(C)=O)OC3=O)cc2F)cc1. The first-order chi connectivity index (χ1) is 16.4. The summed E-state index contributed by atoms with van der Waals surface area (Å²) in [6.07, 6.45) is 4.14. The van der Waals surface area contributed by atoms with Crippen LogP contribution in [0.5, 0.6) is 0 Å². The highest BCUT2D eigenvalue weighted by Gasteiger charge is 2.32. The molecule has 0 radical (unpaired) electrons. The van der Waals surface area contributed by atoms with Crippen molar-refractivity contribution in [1.29, 1.82) is 0 Å². The largest absolute Gasteiger partial charge is 0.442 e. The zero-order chi connectivity index (χ0) is 24.5. The molecular formula is C25H29FN3O5+. The van der Waals surface area contributed by atoms with E-state index in [0.29, 0.717) is 30.0 Å². The van der Waals surface area contributed by atoms with E-state index in [1.807, 2.05) is 37.3 Å². The Labute approximate surface area is 197 Å². The molecular weight excluding hydrogens is 441 g/mol. The van der Waals surface area contributed by atoms with Crippen molar-refractivity contribution in [1.82, 2.24) is 5.32 Å². The monoisotopic (exact) mass is 470 g/mol. The summed E-state index contributed by atoms with van der Waals surface area (Å²) < 4.78 is 25.8. The second-order valence-electron chi connectivity index (χ2n) is 7.78. The van der Waals surface area contributed by atoms with Crippen molar-refractivity contribution < 1.29 is 34.1 Å². The molecule has 3 rings (SSSR count). The lowest BCUT2D eigenvalue weighted by atomic mass is 10.0. The van der Waals surface area contributed by atoms with Gasteiger partial charge < -0.3 is 14.8 Å². The summed E-state index contributed by atoms with van der Waals surface area (Å²) in [5.74, 6) is -0.663. The number of nitrogens with two attached hydrogens (primary N) is 1. The fourth-order valence-electron chi connectivity index (χ4n) is 3.46. The summed E-state index contributed by atoms with van der Waals surface area (Å²) in [4.78, 5) is 24.6. The lowest BCUT2D eigenvalue weighted by molar-refractivity contribution is -0.838. The molecule has 0 spiro atoms. The van der Waals surface area contributed by atoms with Crippen LogP contribution in [0.2, 0.25) is 0 Å². The predicted molar refractivity (Wildman–Crippen MR) is 124 cm³/mol. The standard InChI is InChI=1S/C25H28FN3O5/c1-3-18(10-11-28-32)15-33-16-19-4-6-20(7-5-19)23-9-8-21(12-24(23)26)29-14-22(34-25(29)31)13-27-17(2)30/h3-12,22,28,32H,13-16H2,1-2H3,(H,27,30)/p+1/b11-10-,18-3+/t22-/m0/s1. The van der Waals surface area contributed by atoms with Gasteiger partial charge in [-0.05, 0) is 47.9 Å². The topological polar surface area (TPSA) is 105 Å². The van der Waals surface area contributed by atoms with Crippen LogP contribution in [0.3, 0.4) is 0 Å². The number of allylic oxidation sites excluding steroid dienone is 1. The van der Waals surface area contributed by atoms with Crippen molar-refractivity contribution in [3.05, 3.63) is 77.8 Å². The highest BCUT2D eigenvalue weighted by atomic mass is 19.1. The van der Waals surface area contributed by atoms with E-state index in [1.165, 1.54) is 24.1 Å². The first-order valence-electron chi connectivity index (χ1n) is 10.9. The predicted octanol–water partition coefficient (Wildman–Crippen LogP) is 2.88. The van der Waals surface area contributed by atoms with Gasteiger partial charge in [0, 0.05) is 12.5 Å². The van der Waals surface area contributed by atoms with Crippen molar-refractivity contribution in [2.45, 2.75) is 26.6 Å². The Bertz CT molecular complexity index is 1070. The van der Waals surface area contributed by atoms with E-state index in [0.717, 1.165) is 16.6 Å². The number of hydrogen-bond donors (Lipinski definition) is 3. The molecule has 1 aliphatic rings. The molecule has 0 bridgehead atoms. The fourth-order valence-corrected chi connectivity index (χ4v) is 3.46. The second kappa shape index (κ2) is 12.1. The summed E-state index contributed by atoms with van der Waals surface area (Å²) in [6.45, 7) is 4.53. The molecule has 0 saturated carbocycles. The molecule has 1 saturated heterocycles. The van der Waals surface area contributed by atoms with Crippen LogP contribution in [0.4, 0.5) is 14.9 Å². The smallest absolute Gasteiger partial charge is 0.414 e. The van der Waals surface area contributed by atoms with Crippen LogP contribution in [0.1, 0.15) is 19.4 Å². The number of carbonyl (C=O) groups excluding carboxylic acids is 2. The number of nitrogens with one attached hydrogen (secondary N) is 1. The van der Waals surface area contributed by atoms with Gasteiger partial charge in [0.1, 0.15) is 18.1 Å². The lowest BCUT2D eigenvalue weighted by Gasteiger charge is -2.15. The van der Waals surface area contributed by atoms with Gasteiger partial charge >= 0.3 is 6.09 Å². The minimum absolute atomic E-state index is 0.209. The number of amides is 2. The average molecular weight is 471 g/mol. The van der Waals surface area contributed by atoms with E-state index in [2.05, 4.69) is 5.32 Å². The van der Waals surface area contributed by atoms with E-state index in [9.17, 15) is 14.0 Å². The number of rotatable bonds is 10. The highest BCUT2D eigenvalue weighted by Crippen LogP contribution is 2.29. The molecule has 1 heterocycles. The van der Waals surface area contributed by atoms with Crippen molar-refractivity contribution in [3.8, 4) is 11.1 Å². The molecule has 9 heteroatoms. The zero-order valence-electron chi connectivity index (χ0n) is 19.2. The maximum atomic E-state index is 14.9. The Balaban J connectivity index is 1.61. The zero-order valence-corrected chi connectivity index (χ0v) is 19.2. The van der Waals surface area contributed by atoms with Crippen molar-refractivity contribution >= 4 is 17.7 Å². The molecule has 8 nitrogen and oxygen atoms in total. The number of carbonyl (C=O) groups is 2. The van der Waals surface area contributed by atoms with Crippen molar-refractivity contribution in [2.24, 2.45) is 0 Å². The minimum Gasteiger partial charge on any atom is -0.442 e. The number of anilines is 1. The Morgan fingerprint density at radius 1 is 1.32 bits per heavy atom. The van der Waals surface area contributed by atoms with E-state index in [-0.39, 0.29) is 19.0 Å². The van der Waals surface area contributed by atoms with E-state index >= 15 is 0 Å². The molecule has 1 atom stereocenters. The third kappa shape index (κ3) is 6.74. The fraction of sp³-hybridized carbons (Fsp3) is 0.280. The summed E-state index contributed by atoms with van der Waals surface area (Å²) in [5, 5.41) is 11.4. The molecule has 2 amide bonds. The maximum Gasteiger partial charge on any atom is 0.414 e. The number of halogens is 1. The van der Waals surface area contributed by atoms with Gasteiger partial charge in [-0.3, -0.25) is 9.69 Å². The molecule has 180 valence electrons. The molecule has 34 heavy (non-hydrogen) atoms. The van der Waals surface area contributed by atoms with Crippen LogP contribution in [-0.2, 0) is 20.9 Å². The van der Waals surface area contributed by atoms with Crippen LogP contribution < -0.4 is 15.7 Å². The summed E-state index contributed by atoms with van der Waals surface area (Å²) in [7, 11) is 0. The Kier molecular flexibility index (Phi) is 8.92. The molecule has 0 aliphatic carbocycles. The van der Waals surface area contributed by atoms with Crippen molar-refractivity contribution in [3.63, 3.8) is 0 Å². The number of benzene rings is 2. The quantitative estimate of drug-likeness (QED) is 0.366. The van der Waals surface area contributed by atoms with Crippen LogP contribution >= 0.6 is 0 Å². The first kappa shape index (κ1) is 25.1. The normalized spacial score (nSPS) is 16.2. The molecule has 1 fully saturated rings. The highest BCUT2D eigenvalue weighted by molar-refractivity contribution is 5.90. The summed E-state index contributed by atoms with van der Waals surface area (Å²) >= 11 is 0. The van der Waals surface area contributed by atoms with Gasteiger partial charge in [0.2, 0.25) is 5.91 Å². The third-order valence-corrected chi connectivity index (χ3v) is 5.29. The number of cyclic esters (lactones) is 1. The van der Waals surface area contributed by atoms with Crippen LogP contribution in [-0.4, -0.2) is 43.0 Å². The summed E-state index contributed by atoms with van der Waals surface area (Å²) in [6, 6.07) is 12.0. The van der Waals surface area contributed by atoms with Gasteiger partial charge in [-0.25, -0.2) is 14.4 Å². The molecule has 2 aromatic carbocycles. The average Bonchev–Trinajstić information content (AvgIpc) is 3.21. The Hall–Kier alpha value is -3.53. The van der Waals surface area contributed by atoms with E-state index < -0.39 is 18.0 Å². The van der Waals surface area contributed by atoms with Crippen LogP contribution in [0.15, 0.2) is 66.4 Å². The van der Waals surface area contributed by atoms with Gasteiger partial charge in [-0.1, -0.05) is 30.3 Å². The first-order valence-corrected chi connectivity index (χ1v) is 10.9. The Morgan fingerprint density at radius 3 is 2.74 bits per heavy atom. The molecule has 2 aromatic rings. The van der Waals surface area contributed by atoms with E-state index in [1.54, 1.807) is 18.2 Å². The van der Waals surface area contributed by atoms with Gasteiger partial charge in [0.05, 0.1) is 32.0 Å². The molecule has 1 aliphatic heterocycles. The lowest BCUT2D eigenvalue weighted by Crippen LogP contribution is -2.73. The molecule has 0 unspecified atom stereocenters. The molecule has 4 N–H and O–H groups in total. The maximum absolute atomic E-state index is 14.9. The van der Waals surface area contributed by atoms with Crippen molar-refractivity contribution in [2.75, 3.05) is 24.6 Å². The number of hydroxylamine groups is 1.